The Morgan fingerprint density at radius 2 is 1.59 bits per heavy atom. The molecule has 1 amide bonds. The lowest BCUT2D eigenvalue weighted by molar-refractivity contribution is -0.129. The first-order valence-corrected chi connectivity index (χ1v) is 9.54. The van der Waals surface area contributed by atoms with Crippen molar-refractivity contribution in [2.75, 3.05) is 44.3 Å². The highest BCUT2D eigenvalue weighted by molar-refractivity contribution is 5.73. The van der Waals surface area contributed by atoms with Crippen LogP contribution in [-0.4, -0.2) is 50.2 Å². The number of anilines is 1. The van der Waals surface area contributed by atoms with Crippen molar-refractivity contribution in [1.82, 2.24) is 4.90 Å². The van der Waals surface area contributed by atoms with Gasteiger partial charge in [-0.3, -0.25) is 4.79 Å². The first-order chi connectivity index (χ1) is 13.1. The quantitative estimate of drug-likeness (QED) is 0.702. The second kappa shape index (κ2) is 9.31. The van der Waals surface area contributed by atoms with E-state index in [1.165, 1.54) is 11.3 Å². The van der Waals surface area contributed by atoms with Crippen LogP contribution < -0.4 is 14.4 Å². The van der Waals surface area contributed by atoms with Crippen LogP contribution in [0.25, 0.3) is 0 Å². The molecule has 0 aliphatic carbocycles. The molecular formula is C22H28N2O3. The smallest absolute Gasteiger partial charge is 0.219 e. The molecule has 0 aromatic heterocycles. The minimum Gasteiger partial charge on any atom is -0.493 e. The van der Waals surface area contributed by atoms with Crippen molar-refractivity contribution in [2.45, 2.75) is 20.3 Å². The second-order valence-corrected chi connectivity index (χ2v) is 6.85. The highest BCUT2D eigenvalue weighted by Gasteiger charge is 2.18. The molecule has 0 unspecified atom stereocenters. The van der Waals surface area contributed by atoms with E-state index < -0.39 is 0 Å². The lowest BCUT2D eigenvalue weighted by Gasteiger charge is -2.35. The largest absolute Gasteiger partial charge is 0.493 e. The summed E-state index contributed by atoms with van der Waals surface area (Å²) >= 11 is 0. The molecule has 1 heterocycles. The molecular weight excluding hydrogens is 340 g/mol. The summed E-state index contributed by atoms with van der Waals surface area (Å²) in [5, 5.41) is 0. The monoisotopic (exact) mass is 368 g/mol. The Bertz CT molecular complexity index is 737. The average molecular weight is 368 g/mol. The van der Waals surface area contributed by atoms with Crippen LogP contribution in [0, 0.1) is 6.92 Å². The molecule has 0 bridgehead atoms. The van der Waals surface area contributed by atoms with Gasteiger partial charge in [-0.15, -0.1) is 0 Å². The third-order valence-electron chi connectivity index (χ3n) is 4.74. The van der Waals surface area contributed by atoms with Crippen molar-refractivity contribution in [3.63, 3.8) is 0 Å². The highest BCUT2D eigenvalue weighted by atomic mass is 16.5. The van der Waals surface area contributed by atoms with Crippen molar-refractivity contribution in [2.24, 2.45) is 0 Å². The zero-order chi connectivity index (χ0) is 19.1. The zero-order valence-corrected chi connectivity index (χ0v) is 16.2. The Labute approximate surface area is 161 Å². The Morgan fingerprint density at radius 3 is 2.22 bits per heavy atom. The van der Waals surface area contributed by atoms with Crippen LogP contribution in [0.2, 0.25) is 0 Å². The van der Waals surface area contributed by atoms with E-state index in [1.54, 1.807) is 6.92 Å². The van der Waals surface area contributed by atoms with Gasteiger partial charge in [0.1, 0.15) is 11.5 Å². The summed E-state index contributed by atoms with van der Waals surface area (Å²) in [4.78, 5) is 15.6. The minimum absolute atomic E-state index is 0.157. The standard InChI is InChI=1S/C22H28N2O3/c1-18-5-3-6-22(17-18)27-16-4-15-26-21-9-7-20(8-10-21)24-13-11-23(12-14-24)19(2)25/h3,5-10,17H,4,11-16H2,1-2H3. The fraction of sp³-hybridized carbons (Fsp3) is 0.409. The summed E-state index contributed by atoms with van der Waals surface area (Å²) in [6.45, 7) is 8.27. The Kier molecular flexibility index (Phi) is 6.58. The summed E-state index contributed by atoms with van der Waals surface area (Å²) in [6.07, 6.45) is 0.836. The number of carbonyl (C=O) groups excluding carboxylic acids is 1. The van der Waals surface area contributed by atoms with Gasteiger partial charge >= 0.3 is 0 Å². The molecule has 2 aromatic rings. The molecule has 1 aliphatic rings. The summed E-state index contributed by atoms with van der Waals surface area (Å²) < 4.78 is 11.5. The van der Waals surface area contributed by atoms with Gasteiger partial charge in [0.15, 0.2) is 0 Å². The van der Waals surface area contributed by atoms with Crippen LogP contribution in [0.5, 0.6) is 11.5 Å². The van der Waals surface area contributed by atoms with Gasteiger partial charge in [0.2, 0.25) is 5.91 Å². The maximum absolute atomic E-state index is 11.4. The van der Waals surface area contributed by atoms with Crippen LogP contribution in [0.3, 0.4) is 0 Å². The van der Waals surface area contributed by atoms with E-state index in [0.717, 1.165) is 44.1 Å². The van der Waals surface area contributed by atoms with Crippen molar-refractivity contribution in [3.8, 4) is 11.5 Å². The minimum atomic E-state index is 0.157. The number of amides is 1. The number of rotatable bonds is 7. The maximum Gasteiger partial charge on any atom is 0.219 e. The molecule has 5 nitrogen and oxygen atoms in total. The number of piperazine rings is 1. The molecule has 1 fully saturated rings. The molecule has 3 rings (SSSR count). The molecule has 0 atom stereocenters. The number of aryl methyl sites for hydroxylation is 1. The average Bonchev–Trinajstić information content (AvgIpc) is 2.68. The summed E-state index contributed by atoms with van der Waals surface area (Å²) in [5.41, 5.74) is 2.37. The van der Waals surface area contributed by atoms with E-state index in [0.29, 0.717) is 13.2 Å². The van der Waals surface area contributed by atoms with E-state index in [-0.39, 0.29) is 5.91 Å². The molecule has 1 aliphatic heterocycles. The maximum atomic E-state index is 11.4. The van der Waals surface area contributed by atoms with Gasteiger partial charge in [0.25, 0.3) is 0 Å². The predicted molar refractivity (Wildman–Crippen MR) is 108 cm³/mol. The van der Waals surface area contributed by atoms with E-state index >= 15 is 0 Å². The third-order valence-corrected chi connectivity index (χ3v) is 4.74. The predicted octanol–water partition coefficient (Wildman–Crippen LogP) is 3.51. The third kappa shape index (κ3) is 5.64. The fourth-order valence-electron chi connectivity index (χ4n) is 3.18. The lowest BCUT2D eigenvalue weighted by atomic mass is 10.2. The molecule has 1 saturated heterocycles. The summed E-state index contributed by atoms with van der Waals surface area (Å²) in [6, 6.07) is 16.3. The van der Waals surface area contributed by atoms with Crippen molar-refractivity contribution >= 4 is 11.6 Å². The van der Waals surface area contributed by atoms with Gasteiger partial charge in [-0.05, 0) is 48.9 Å². The van der Waals surface area contributed by atoms with Crippen molar-refractivity contribution in [3.05, 3.63) is 54.1 Å². The number of carbonyl (C=O) groups is 1. The normalized spacial score (nSPS) is 14.1. The van der Waals surface area contributed by atoms with Gasteiger partial charge in [-0.2, -0.15) is 0 Å². The Morgan fingerprint density at radius 1 is 0.926 bits per heavy atom. The zero-order valence-electron chi connectivity index (χ0n) is 16.2. The molecule has 144 valence electrons. The van der Waals surface area contributed by atoms with Crippen molar-refractivity contribution in [1.29, 1.82) is 0 Å². The molecule has 2 aromatic carbocycles. The van der Waals surface area contributed by atoms with E-state index in [9.17, 15) is 4.79 Å². The van der Waals surface area contributed by atoms with Crippen molar-refractivity contribution < 1.29 is 14.3 Å². The van der Waals surface area contributed by atoms with E-state index in [2.05, 4.69) is 30.0 Å². The van der Waals surface area contributed by atoms with Gasteiger partial charge in [-0.25, -0.2) is 0 Å². The first-order valence-electron chi connectivity index (χ1n) is 9.54. The molecule has 0 saturated carbocycles. The van der Waals surface area contributed by atoms with Crippen LogP contribution in [-0.2, 0) is 4.79 Å². The Balaban J connectivity index is 1.37. The lowest BCUT2D eigenvalue weighted by Crippen LogP contribution is -2.48. The van der Waals surface area contributed by atoms with Gasteiger partial charge < -0.3 is 19.3 Å². The first kappa shape index (κ1) is 19.1. The van der Waals surface area contributed by atoms with Gasteiger partial charge in [0.05, 0.1) is 13.2 Å². The molecule has 0 N–H and O–H groups in total. The van der Waals surface area contributed by atoms with E-state index in [4.69, 9.17) is 9.47 Å². The number of benzene rings is 2. The molecule has 5 heteroatoms. The van der Waals surface area contributed by atoms with Gasteiger partial charge in [0, 0.05) is 45.2 Å². The van der Waals surface area contributed by atoms with Crippen LogP contribution in [0.4, 0.5) is 5.69 Å². The number of ether oxygens (including phenoxy) is 2. The van der Waals surface area contributed by atoms with Crippen LogP contribution in [0.15, 0.2) is 48.5 Å². The number of nitrogens with zero attached hydrogens (tertiary/aromatic N) is 2. The second-order valence-electron chi connectivity index (χ2n) is 6.85. The summed E-state index contributed by atoms with van der Waals surface area (Å²) in [7, 11) is 0. The number of hydrogen-bond donors (Lipinski definition) is 0. The number of hydrogen-bond acceptors (Lipinski definition) is 4. The SMILES string of the molecule is CC(=O)N1CCN(c2ccc(OCCCOc3cccc(C)c3)cc2)CC1. The van der Waals surface area contributed by atoms with Crippen LogP contribution in [0.1, 0.15) is 18.9 Å². The topological polar surface area (TPSA) is 42.0 Å². The highest BCUT2D eigenvalue weighted by Crippen LogP contribution is 2.21. The molecule has 0 spiro atoms. The Hall–Kier alpha value is -2.69. The fourth-order valence-corrected chi connectivity index (χ4v) is 3.18. The van der Waals surface area contributed by atoms with Gasteiger partial charge in [-0.1, -0.05) is 12.1 Å². The molecule has 27 heavy (non-hydrogen) atoms. The summed E-state index contributed by atoms with van der Waals surface area (Å²) in [5.74, 6) is 1.94. The molecule has 0 radical (unpaired) electrons. The van der Waals surface area contributed by atoms with Crippen LogP contribution >= 0.6 is 0 Å². The van der Waals surface area contributed by atoms with E-state index in [1.807, 2.05) is 35.2 Å².